The first-order valence-corrected chi connectivity index (χ1v) is 10.2. The molecule has 0 saturated carbocycles. The van der Waals surface area contributed by atoms with Crippen molar-refractivity contribution < 1.29 is 38.0 Å². The number of carbonyl (C=O) groups excluding carboxylic acids is 2. The summed E-state index contributed by atoms with van der Waals surface area (Å²) in [6, 6.07) is 0. The molecule has 0 aromatic rings. The van der Waals surface area contributed by atoms with Gasteiger partial charge in [0.15, 0.2) is 0 Å². The lowest BCUT2D eigenvalue weighted by Gasteiger charge is -2.09. The first kappa shape index (κ1) is 27.7. The summed E-state index contributed by atoms with van der Waals surface area (Å²) < 4.78 is 31.4. The summed E-state index contributed by atoms with van der Waals surface area (Å²) in [5.74, 6) is -0.398. The van der Waals surface area contributed by atoms with Crippen LogP contribution >= 0.6 is 0 Å². The van der Waals surface area contributed by atoms with E-state index in [4.69, 9.17) is 28.4 Å². The fourth-order valence-corrected chi connectivity index (χ4v) is 1.91. The topological polar surface area (TPSA) is 114 Å². The molecule has 2 N–H and O–H groups in total. The number of amides is 2. The predicted molar refractivity (Wildman–Crippen MR) is 107 cm³/mol. The Kier molecular flexibility index (Phi) is 22.0. The van der Waals surface area contributed by atoms with Crippen LogP contribution in [-0.4, -0.2) is 104 Å². The monoisotopic (exact) mass is 422 g/mol. The summed E-state index contributed by atoms with van der Waals surface area (Å²) in [6.45, 7) is 9.51. The van der Waals surface area contributed by atoms with E-state index in [0.29, 0.717) is 79.2 Å². The molecule has 0 unspecified atom stereocenters. The summed E-state index contributed by atoms with van der Waals surface area (Å²) in [7, 11) is 0. The van der Waals surface area contributed by atoms with Gasteiger partial charge in [0.25, 0.3) is 0 Å². The molecule has 0 spiro atoms. The van der Waals surface area contributed by atoms with Crippen LogP contribution in [0, 0.1) is 0 Å². The van der Waals surface area contributed by atoms with Crippen LogP contribution in [0.4, 0.5) is 0 Å². The molecule has 0 aromatic heterocycles. The van der Waals surface area contributed by atoms with Crippen molar-refractivity contribution in [1.29, 1.82) is 0 Å². The van der Waals surface area contributed by atoms with E-state index in [2.05, 4.69) is 10.6 Å². The number of rotatable bonds is 22. The van der Waals surface area contributed by atoms with Crippen molar-refractivity contribution >= 4 is 11.8 Å². The van der Waals surface area contributed by atoms with Gasteiger partial charge in [-0.05, 0) is 13.3 Å². The molecule has 0 atom stereocenters. The van der Waals surface area contributed by atoms with Gasteiger partial charge in [0.1, 0.15) is 13.2 Å². The Bertz CT molecular complexity index is 385. The smallest absolute Gasteiger partial charge is 0.246 e. The Hall–Kier alpha value is -1.30. The van der Waals surface area contributed by atoms with Crippen LogP contribution in [0.15, 0.2) is 0 Å². The first-order valence-electron chi connectivity index (χ1n) is 10.2. The van der Waals surface area contributed by atoms with Crippen molar-refractivity contribution in [3.8, 4) is 0 Å². The lowest BCUT2D eigenvalue weighted by molar-refractivity contribution is -0.127. The number of hydrogen-bond acceptors (Lipinski definition) is 8. The highest BCUT2D eigenvalue weighted by Crippen LogP contribution is 1.83. The number of ether oxygens (including phenoxy) is 6. The molecular weight excluding hydrogens is 384 g/mol. The zero-order chi connectivity index (χ0) is 21.4. The number of hydrogen-bond donors (Lipinski definition) is 2. The Labute approximate surface area is 173 Å². The second-order valence-corrected chi connectivity index (χ2v) is 5.84. The van der Waals surface area contributed by atoms with Crippen molar-refractivity contribution in [2.24, 2.45) is 0 Å². The largest absolute Gasteiger partial charge is 0.379 e. The van der Waals surface area contributed by atoms with Crippen LogP contribution in [0.2, 0.25) is 0 Å². The van der Waals surface area contributed by atoms with Crippen LogP contribution in [-0.2, 0) is 38.0 Å². The van der Waals surface area contributed by atoms with Crippen molar-refractivity contribution in [3.63, 3.8) is 0 Å². The lowest BCUT2D eigenvalue weighted by atomic mass is 10.5. The standard InChI is InChI=1S/C19H38N2O8/c1-3-7-25-12-14-28-16-18(22)21-6-9-27-13-15-29-17-19(23)20-5-8-26-11-10-24-4-2/h3-17H2,1-2H3,(H,20,23)(H,21,22). The van der Waals surface area contributed by atoms with Gasteiger partial charge in [0.2, 0.25) is 11.8 Å². The van der Waals surface area contributed by atoms with Gasteiger partial charge >= 0.3 is 0 Å². The van der Waals surface area contributed by atoms with E-state index in [0.717, 1.165) is 6.42 Å². The molecule has 172 valence electrons. The van der Waals surface area contributed by atoms with E-state index < -0.39 is 0 Å². The normalized spacial score (nSPS) is 10.8. The van der Waals surface area contributed by atoms with E-state index in [1.807, 2.05) is 13.8 Å². The average Bonchev–Trinajstić information content (AvgIpc) is 2.71. The van der Waals surface area contributed by atoms with Gasteiger partial charge in [-0.1, -0.05) is 6.92 Å². The molecule has 0 saturated heterocycles. The summed E-state index contributed by atoms with van der Waals surface area (Å²) >= 11 is 0. The quantitative estimate of drug-likeness (QED) is 0.230. The maximum atomic E-state index is 11.5. The van der Waals surface area contributed by atoms with Crippen LogP contribution in [0.25, 0.3) is 0 Å². The van der Waals surface area contributed by atoms with Gasteiger partial charge in [-0.25, -0.2) is 0 Å². The number of carbonyl (C=O) groups is 2. The maximum Gasteiger partial charge on any atom is 0.246 e. The Morgan fingerprint density at radius 2 is 0.966 bits per heavy atom. The van der Waals surface area contributed by atoms with E-state index in [-0.39, 0.29) is 25.0 Å². The van der Waals surface area contributed by atoms with Gasteiger partial charge in [-0.3, -0.25) is 9.59 Å². The molecular formula is C19H38N2O8. The van der Waals surface area contributed by atoms with Crippen LogP contribution in [0.3, 0.4) is 0 Å². The van der Waals surface area contributed by atoms with Gasteiger partial charge in [-0.2, -0.15) is 0 Å². The van der Waals surface area contributed by atoms with Crippen molar-refractivity contribution in [1.82, 2.24) is 10.6 Å². The van der Waals surface area contributed by atoms with Crippen molar-refractivity contribution in [2.45, 2.75) is 20.3 Å². The van der Waals surface area contributed by atoms with E-state index >= 15 is 0 Å². The lowest BCUT2D eigenvalue weighted by Crippen LogP contribution is -2.32. The molecule has 0 aromatic carbocycles. The maximum absolute atomic E-state index is 11.5. The van der Waals surface area contributed by atoms with Crippen molar-refractivity contribution in [2.75, 3.05) is 92.4 Å². The summed E-state index contributed by atoms with van der Waals surface area (Å²) in [5.41, 5.74) is 0. The van der Waals surface area contributed by atoms with Crippen LogP contribution < -0.4 is 10.6 Å². The molecule has 0 fully saturated rings. The molecule has 29 heavy (non-hydrogen) atoms. The fraction of sp³-hybridized carbons (Fsp3) is 0.895. The summed E-state index contributed by atoms with van der Waals surface area (Å²) in [4.78, 5) is 23.0. The van der Waals surface area contributed by atoms with Gasteiger partial charge in [0, 0.05) is 26.3 Å². The van der Waals surface area contributed by atoms with Gasteiger partial charge in [-0.15, -0.1) is 0 Å². The van der Waals surface area contributed by atoms with Gasteiger partial charge in [0.05, 0.1) is 52.9 Å². The van der Waals surface area contributed by atoms with Gasteiger partial charge < -0.3 is 39.1 Å². The second kappa shape index (κ2) is 23.0. The van der Waals surface area contributed by atoms with Crippen LogP contribution in [0.1, 0.15) is 20.3 Å². The molecule has 2 amide bonds. The fourth-order valence-electron chi connectivity index (χ4n) is 1.91. The first-order chi connectivity index (χ1) is 14.2. The van der Waals surface area contributed by atoms with Crippen LogP contribution in [0.5, 0.6) is 0 Å². The summed E-state index contributed by atoms with van der Waals surface area (Å²) in [5, 5.41) is 5.37. The third-order valence-electron chi connectivity index (χ3n) is 3.27. The van der Waals surface area contributed by atoms with E-state index in [9.17, 15) is 9.59 Å². The summed E-state index contributed by atoms with van der Waals surface area (Å²) in [6.07, 6.45) is 0.962. The zero-order valence-electron chi connectivity index (χ0n) is 17.9. The SMILES string of the molecule is CCCOCCOCC(=O)NCCOCCOCC(=O)NCCOCCOCC. The van der Waals surface area contributed by atoms with E-state index in [1.54, 1.807) is 0 Å². The molecule has 0 aliphatic carbocycles. The Balaban J connectivity index is 3.25. The van der Waals surface area contributed by atoms with Crippen molar-refractivity contribution in [3.05, 3.63) is 0 Å². The Morgan fingerprint density at radius 1 is 0.552 bits per heavy atom. The molecule has 0 radical (unpaired) electrons. The molecule has 0 aliphatic heterocycles. The number of nitrogens with one attached hydrogen (secondary N) is 2. The third kappa shape index (κ3) is 22.8. The highest BCUT2D eigenvalue weighted by molar-refractivity contribution is 5.77. The predicted octanol–water partition coefficient (Wildman–Crippen LogP) is -0.252. The molecule has 10 heteroatoms. The highest BCUT2D eigenvalue weighted by atomic mass is 16.5. The molecule has 10 nitrogen and oxygen atoms in total. The zero-order valence-corrected chi connectivity index (χ0v) is 17.9. The second-order valence-electron chi connectivity index (χ2n) is 5.84. The molecule has 0 bridgehead atoms. The minimum atomic E-state index is -0.203. The molecule has 0 rings (SSSR count). The Morgan fingerprint density at radius 3 is 1.41 bits per heavy atom. The van der Waals surface area contributed by atoms with E-state index in [1.165, 1.54) is 0 Å². The minimum absolute atomic E-state index is 0.00522. The minimum Gasteiger partial charge on any atom is -0.379 e. The molecule has 0 aliphatic rings. The average molecular weight is 423 g/mol. The molecule has 0 heterocycles. The third-order valence-corrected chi connectivity index (χ3v) is 3.27. The highest BCUT2D eigenvalue weighted by Gasteiger charge is 2.02.